The molecule has 0 bridgehead atoms. The van der Waals surface area contributed by atoms with Crippen molar-refractivity contribution in [2.45, 2.75) is 24.3 Å². The lowest BCUT2D eigenvalue weighted by Gasteiger charge is -2.23. The molecule has 2 aromatic carbocycles. The minimum Gasteiger partial charge on any atom is -0.352 e. The molecule has 26 heavy (non-hydrogen) atoms. The number of nitrogens with two attached hydrogens (primary N) is 1. The highest BCUT2D eigenvalue weighted by molar-refractivity contribution is 7.89. The van der Waals surface area contributed by atoms with Crippen LogP contribution < -0.4 is 11.1 Å². The van der Waals surface area contributed by atoms with Gasteiger partial charge in [-0.3, -0.25) is 4.79 Å². The van der Waals surface area contributed by atoms with E-state index in [1.54, 1.807) is 12.1 Å². The first kappa shape index (κ1) is 18.6. The van der Waals surface area contributed by atoms with Gasteiger partial charge in [0.25, 0.3) is 5.91 Å². The number of carbonyl (C=O) groups is 1. The minimum absolute atomic E-state index is 0.140. The van der Waals surface area contributed by atoms with Gasteiger partial charge in [0.2, 0.25) is 10.0 Å². The van der Waals surface area contributed by atoms with Crippen LogP contribution in [-0.4, -0.2) is 38.3 Å². The van der Waals surface area contributed by atoms with Gasteiger partial charge in [-0.25, -0.2) is 8.42 Å². The molecule has 0 aliphatic carbocycles. The van der Waals surface area contributed by atoms with E-state index in [0.717, 1.165) is 11.1 Å². The average Bonchev–Trinajstić information content (AvgIpc) is 2.66. The largest absolute Gasteiger partial charge is 0.352 e. The summed E-state index contributed by atoms with van der Waals surface area (Å²) in [6.45, 7) is 1.59. The molecule has 0 spiro atoms. The fraction of sp³-hybridized carbons (Fsp3) is 0.316. The molecule has 0 radical (unpaired) electrons. The molecule has 3 N–H and O–H groups in total. The standard InChI is InChI=1S/C19H23N3O3S/c20-10-4-12-22(14-15-5-2-1-3-6-15)26(24,25)17-8-7-16-9-11-21-19(23)18(16)13-17/h1-3,5-8,13H,4,9-12,14,20H2,(H,21,23). The smallest absolute Gasteiger partial charge is 0.251 e. The first-order chi connectivity index (χ1) is 12.5. The maximum atomic E-state index is 13.2. The lowest BCUT2D eigenvalue weighted by atomic mass is 10.0. The normalized spacial score (nSPS) is 14.2. The molecule has 6 nitrogen and oxygen atoms in total. The van der Waals surface area contributed by atoms with Crippen molar-refractivity contribution in [3.63, 3.8) is 0 Å². The average molecular weight is 373 g/mol. The molecule has 2 aromatic rings. The number of amides is 1. The Bertz CT molecular complexity index is 882. The predicted molar refractivity (Wildman–Crippen MR) is 100 cm³/mol. The van der Waals surface area contributed by atoms with E-state index in [0.29, 0.717) is 38.0 Å². The van der Waals surface area contributed by atoms with Crippen molar-refractivity contribution in [3.8, 4) is 0 Å². The highest BCUT2D eigenvalue weighted by Crippen LogP contribution is 2.23. The number of fused-ring (bicyclic) bond motifs is 1. The molecule has 1 heterocycles. The number of sulfonamides is 1. The van der Waals surface area contributed by atoms with Crippen LogP contribution in [0.25, 0.3) is 0 Å². The summed E-state index contributed by atoms with van der Waals surface area (Å²) in [5, 5.41) is 2.76. The van der Waals surface area contributed by atoms with Crippen LogP contribution in [0.15, 0.2) is 53.4 Å². The second kappa shape index (κ2) is 7.99. The van der Waals surface area contributed by atoms with Crippen LogP contribution in [0.5, 0.6) is 0 Å². The van der Waals surface area contributed by atoms with E-state index in [4.69, 9.17) is 5.73 Å². The Morgan fingerprint density at radius 1 is 1.12 bits per heavy atom. The molecule has 0 unspecified atom stereocenters. The highest BCUT2D eigenvalue weighted by atomic mass is 32.2. The van der Waals surface area contributed by atoms with Gasteiger partial charge in [0.15, 0.2) is 0 Å². The Balaban J connectivity index is 1.94. The highest BCUT2D eigenvalue weighted by Gasteiger charge is 2.27. The van der Waals surface area contributed by atoms with Gasteiger partial charge >= 0.3 is 0 Å². The van der Waals surface area contributed by atoms with Crippen molar-refractivity contribution in [1.82, 2.24) is 9.62 Å². The maximum absolute atomic E-state index is 13.2. The summed E-state index contributed by atoms with van der Waals surface area (Å²) in [4.78, 5) is 12.2. The summed E-state index contributed by atoms with van der Waals surface area (Å²) in [7, 11) is -3.73. The third-order valence-electron chi connectivity index (χ3n) is 4.46. The number of hydrogen-bond acceptors (Lipinski definition) is 4. The molecule has 0 aromatic heterocycles. The molecule has 1 aliphatic rings. The first-order valence-corrected chi connectivity index (χ1v) is 10.1. The summed E-state index contributed by atoms with van der Waals surface area (Å²) >= 11 is 0. The fourth-order valence-electron chi connectivity index (χ4n) is 3.04. The number of carbonyl (C=O) groups excluding carboxylic acids is 1. The lowest BCUT2D eigenvalue weighted by molar-refractivity contribution is 0.0945. The van der Waals surface area contributed by atoms with E-state index in [1.165, 1.54) is 10.4 Å². The second-order valence-corrected chi connectivity index (χ2v) is 8.23. The molecule has 3 rings (SSSR count). The van der Waals surface area contributed by atoms with E-state index >= 15 is 0 Å². The van der Waals surface area contributed by atoms with E-state index in [-0.39, 0.29) is 17.3 Å². The van der Waals surface area contributed by atoms with Crippen LogP contribution in [0, 0.1) is 0 Å². The van der Waals surface area contributed by atoms with Crippen molar-refractivity contribution in [2.75, 3.05) is 19.6 Å². The van der Waals surface area contributed by atoms with Crippen molar-refractivity contribution < 1.29 is 13.2 Å². The zero-order valence-corrected chi connectivity index (χ0v) is 15.3. The van der Waals surface area contributed by atoms with Crippen LogP contribution in [0.2, 0.25) is 0 Å². The predicted octanol–water partition coefficient (Wildman–Crippen LogP) is 1.51. The Hall–Kier alpha value is -2.22. The summed E-state index contributed by atoms with van der Waals surface area (Å²) in [5.74, 6) is -0.222. The number of benzene rings is 2. The molecular weight excluding hydrogens is 350 g/mol. The van der Waals surface area contributed by atoms with Crippen molar-refractivity contribution in [1.29, 1.82) is 0 Å². The Labute approximate surface area is 154 Å². The van der Waals surface area contributed by atoms with E-state index in [9.17, 15) is 13.2 Å². The zero-order chi connectivity index (χ0) is 18.6. The van der Waals surface area contributed by atoms with E-state index in [2.05, 4.69) is 5.32 Å². The van der Waals surface area contributed by atoms with Gasteiger partial charge in [-0.2, -0.15) is 4.31 Å². The summed E-state index contributed by atoms with van der Waals surface area (Å²) < 4.78 is 27.8. The molecule has 0 fully saturated rings. The van der Waals surface area contributed by atoms with Gasteiger partial charge in [0.1, 0.15) is 0 Å². The monoisotopic (exact) mass is 373 g/mol. The molecular formula is C19H23N3O3S. The molecule has 138 valence electrons. The Morgan fingerprint density at radius 2 is 1.88 bits per heavy atom. The van der Waals surface area contributed by atoms with Gasteiger partial charge in [-0.15, -0.1) is 0 Å². The van der Waals surface area contributed by atoms with Crippen LogP contribution in [0.3, 0.4) is 0 Å². The topological polar surface area (TPSA) is 92.5 Å². The fourth-order valence-corrected chi connectivity index (χ4v) is 4.53. The molecule has 7 heteroatoms. The van der Waals surface area contributed by atoms with E-state index < -0.39 is 10.0 Å². The van der Waals surface area contributed by atoms with Crippen LogP contribution in [-0.2, 0) is 23.0 Å². The maximum Gasteiger partial charge on any atom is 0.251 e. The summed E-state index contributed by atoms with van der Waals surface area (Å²) in [5.41, 5.74) is 7.81. The second-order valence-electron chi connectivity index (χ2n) is 6.29. The van der Waals surface area contributed by atoms with Gasteiger partial charge in [0.05, 0.1) is 4.90 Å². The summed E-state index contributed by atoms with van der Waals surface area (Å²) in [6, 6.07) is 14.3. The molecule has 1 amide bonds. The van der Waals surface area contributed by atoms with Gasteiger partial charge in [-0.1, -0.05) is 36.4 Å². The van der Waals surface area contributed by atoms with Gasteiger partial charge in [-0.05, 0) is 42.6 Å². The zero-order valence-electron chi connectivity index (χ0n) is 14.5. The summed E-state index contributed by atoms with van der Waals surface area (Å²) in [6.07, 6.45) is 1.28. The lowest BCUT2D eigenvalue weighted by Crippen LogP contribution is -2.34. The Morgan fingerprint density at radius 3 is 2.62 bits per heavy atom. The number of hydrogen-bond donors (Lipinski definition) is 2. The molecule has 0 saturated heterocycles. The van der Waals surface area contributed by atoms with Crippen LogP contribution in [0.4, 0.5) is 0 Å². The Kier molecular flexibility index (Phi) is 5.70. The third-order valence-corrected chi connectivity index (χ3v) is 6.30. The van der Waals surface area contributed by atoms with Crippen molar-refractivity contribution >= 4 is 15.9 Å². The third kappa shape index (κ3) is 3.95. The van der Waals surface area contributed by atoms with E-state index in [1.807, 2.05) is 30.3 Å². The molecule has 0 atom stereocenters. The van der Waals surface area contributed by atoms with Crippen molar-refractivity contribution in [3.05, 3.63) is 65.2 Å². The van der Waals surface area contributed by atoms with Crippen LogP contribution in [0.1, 0.15) is 27.9 Å². The minimum atomic E-state index is -3.73. The number of nitrogens with zero attached hydrogens (tertiary/aromatic N) is 1. The molecule has 1 aliphatic heterocycles. The van der Waals surface area contributed by atoms with Crippen LogP contribution >= 0.6 is 0 Å². The first-order valence-electron chi connectivity index (χ1n) is 8.67. The quantitative estimate of drug-likeness (QED) is 0.769. The number of rotatable bonds is 7. The number of nitrogens with one attached hydrogen (secondary N) is 1. The molecule has 0 saturated carbocycles. The van der Waals surface area contributed by atoms with Gasteiger partial charge in [0, 0.05) is 25.2 Å². The van der Waals surface area contributed by atoms with Crippen molar-refractivity contribution in [2.24, 2.45) is 5.73 Å². The van der Waals surface area contributed by atoms with Gasteiger partial charge < -0.3 is 11.1 Å². The SMILES string of the molecule is NCCCN(Cc1ccccc1)S(=O)(=O)c1ccc2c(c1)C(=O)NCC2.